The number of rotatable bonds is 4. The van der Waals surface area contributed by atoms with Gasteiger partial charge in [-0.3, -0.25) is 10.1 Å². The van der Waals surface area contributed by atoms with E-state index in [1.807, 2.05) is 0 Å². The first-order chi connectivity index (χ1) is 8.56. The molecule has 1 aromatic carbocycles. The Kier molecular flexibility index (Phi) is 4.30. The Bertz CT molecular complexity index is 416. The van der Waals surface area contributed by atoms with Crippen molar-refractivity contribution < 1.29 is 9.90 Å². The molecule has 0 spiro atoms. The van der Waals surface area contributed by atoms with Crippen molar-refractivity contribution in [2.45, 2.75) is 31.7 Å². The minimum atomic E-state index is -0.763. The Morgan fingerprint density at radius 3 is 2.61 bits per heavy atom. The van der Waals surface area contributed by atoms with Gasteiger partial charge in [-0.15, -0.1) is 11.8 Å². The third-order valence-corrected chi connectivity index (χ3v) is 4.27. The van der Waals surface area contributed by atoms with Gasteiger partial charge < -0.3 is 5.11 Å². The van der Waals surface area contributed by atoms with E-state index in [-0.39, 0.29) is 5.37 Å². The van der Waals surface area contributed by atoms with Crippen LogP contribution in [0.2, 0.25) is 0 Å². The van der Waals surface area contributed by atoms with Gasteiger partial charge in [-0.1, -0.05) is 38.1 Å². The zero-order valence-electron chi connectivity index (χ0n) is 10.7. The van der Waals surface area contributed by atoms with Crippen molar-refractivity contribution in [2.75, 3.05) is 5.75 Å². The van der Waals surface area contributed by atoms with Crippen molar-refractivity contribution in [3.8, 4) is 0 Å². The summed E-state index contributed by atoms with van der Waals surface area (Å²) < 4.78 is 0. The molecule has 2 rings (SSSR count). The summed E-state index contributed by atoms with van der Waals surface area (Å²) in [6.45, 7) is 4.42. The molecule has 0 amide bonds. The largest absolute Gasteiger partial charge is 0.480 e. The number of aliphatic carboxylic acids is 1. The van der Waals surface area contributed by atoms with E-state index in [1.54, 1.807) is 11.8 Å². The van der Waals surface area contributed by atoms with Crippen LogP contribution in [0.1, 0.15) is 30.3 Å². The Balaban J connectivity index is 2.00. The number of benzene rings is 1. The molecule has 0 bridgehead atoms. The number of carboxylic acids is 1. The minimum absolute atomic E-state index is 0.110. The van der Waals surface area contributed by atoms with Gasteiger partial charge in [0.2, 0.25) is 0 Å². The highest BCUT2D eigenvalue weighted by atomic mass is 32.2. The Morgan fingerprint density at radius 2 is 2.11 bits per heavy atom. The van der Waals surface area contributed by atoms with Crippen molar-refractivity contribution in [3.05, 3.63) is 35.4 Å². The maximum Gasteiger partial charge on any atom is 0.321 e. The SMILES string of the molecule is CC(C)Cc1ccc(C2N[C@@H](C(=O)O)CS2)cc1. The Hall–Kier alpha value is -1.00. The zero-order valence-corrected chi connectivity index (χ0v) is 11.5. The fraction of sp³-hybridized carbons (Fsp3) is 0.500. The van der Waals surface area contributed by atoms with Crippen LogP contribution in [0.25, 0.3) is 0 Å². The number of hydrogen-bond donors (Lipinski definition) is 2. The lowest BCUT2D eigenvalue weighted by atomic mass is 10.0. The summed E-state index contributed by atoms with van der Waals surface area (Å²) >= 11 is 1.66. The van der Waals surface area contributed by atoms with Crippen LogP contribution in [-0.2, 0) is 11.2 Å². The van der Waals surface area contributed by atoms with Crippen LogP contribution in [-0.4, -0.2) is 22.9 Å². The molecule has 2 atom stereocenters. The Morgan fingerprint density at radius 1 is 1.44 bits per heavy atom. The van der Waals surface area contributed by atoms with Gasteiger partial charge in [0.25, 0.3) is 0 Å². The lowest BCUT2D eigenvalue weighted by Gasteiger charge is -2.12. The predicted octanol–water partition coefficient (Wildman–Crippen LogP) is 2.67. The molecular formula is C14H19NO2S. The van der Waals surface area contributed by atoms with Gasteiger partial charge in [-0.05, 0) is 23.5 Å². The molecule has 1 saturated heterocycles. The summed E-state index contributed by atoms with van der Waals surface area (Å²) in [5, 5.41) is 12.2. The van der Waals surface area contributed by atoms with Crippen LogP contribution in [0.3, 0.4) is 0 Å². The third-order valence-electron chi connectivity index (χ3n) is 3.01. The lowest BCUT2D eigenvalue weighted by molar-refractivity contribution is -0.138. The van der Waals surface area contributed by atoms with Gasteiger partial charge in [0.15, 0.2) is 0 Å². The van der Waals surface area contributed by atoms with E-state index < -0.39 is 12.0 Å². The third kappa shape index (κ3) is 3.27. The van der Waals surface area contributed by atoms with Crippen LogP contribution in [0.4, 0.5) is 0 Å². The van der Waals surface area contributed by atoms with E-state index in [4.69, 9.17) is 5.11 Å². The molecule has 1 aliphatic heterocycles. The lowest BCUT2D eigenvalue weighted by Crippen LogP contribution is -2.33. The summed E-state index contributed by atoms with van der Waals surface area (Å²) in [5.74, 6) is 0.529. The zero-order chi connectivity index (χ0) is 13.1. The van der Waals surface area contributed by atoms with E-state index in [2.05, 4.69) is 43.4 Å². The summed E-state index contributed by atoms with van der Waals surface area (Å²) in [4.78, 5) is 10.9. The molecule has 18 heavy (non-hydrogen) atoms. The quantitative estimate of drug-likeness (QED) is 0.879. The molecule has 0 radical (unpaired) electrons. The maximum atomic E-state index is 10.9. The van der Waals surface area contributed by atoms with Crippen LogP contribution in [0, 0.1) is 5.92 Å². The number of thioether (sulfide) groups is 1. The molecule has 4 heteroatoms. The van der Waals surface area contributed by atoms with E-state index in [9.17, 15) is 4.79 Å². The maximum absolute atomic E-state index is 10.9. The fourth-order valence-electron chi connectivity index (χ4n) is 2.11. The van der Waals surface area contributed by atoms with Gasteiger partial charge in [-0.25, -0.2) is 0 Å². The summed E-state index contributed by atoms with van der Waals surface area (Å²) in [6, 6.07) is 8.08. The van der Waals surface area contributed by atoms with Crippen molar-refractivity contribution in [3.63, 3.8) is 0 Å². The average Bonchev–Trinajstić information content (AvgIpc) is 2.78. The molecule has 1 aromatic rings. The van der Waals surface area contributed by atoms with Crippen LogP contribution in [0.5, 0.6) is 0 Å². The highest BCUT2D eigenvalue weighted by molar-refractivity contribution is 7.99. The Labute approximate surface area is 112 Å². The number of hydrogen-bond acceptors (Lipinski definition) is 3. The molecule has 1 aliphatic rings. The van der Waals surface area contributed by atoms with Gasteiger partial charge in [-0.2, -0.15) is 0 Å². The fourth-order valence-corrected chi connectivity index (χ4v) is 3.34. The smallest absolute Gasteiger partial charge is 0.321 e. The van der Waals surface area contributed by atoms with Crippen molar-refractivity contribution in [2.24, 2.45) is 5.92 Å². The van der Waals surface area contributed by atoms with E-state index in [1.165, 1.54) is 5.56 Å². The minimum Gasteiger partial charge on any atom is -0.480 e. The van der Waals surface area contributed by atoms with Crippen LogP contribution >= 0.6 is 11.8 Å². The monoisotopic (exact) mass is 265 g/mol. The topological polar surface area (TPSA) is 49.3 Å². The summed E-state index contributed by atoms with van der Waals surface area (Å²) in [6.07, 6.45) is 1.09. The first-order valence-electron chi connectivity index (χ1n) is 6.25. The second-order valence-corrected chi connectivity index (χ2v) is 6.25. The molecule has 2 N–H and O–H groups in total. The highest BCUT2D eigenvalue weighted by Gasteiger charge is 2.30. The summed E-state index contributed by atoms with van der Waals surface area (Å²) in [5.41, 5.74) is 2.50. The second-order valence-electron chi connectivity index (χ2n) is 5.11. The molecule has 0 aromatic heterocycles. The van der Waals surface area contributed by atoms with Gasteiger partial charge in [0, 0.05) is 5.75 Å². The van der Waals surface area contributed by atoms with Gasteiger partial charge in [0.1, 0.15) is 6.04 Å². The average molecular weight is 265 g/mol. The van der Waals surface area contributed by atoms with E-state index >= 15 is 0 Å². The van der Waals surface area contributed by atoms with Gasteiger partial charge in [0.05, 0.1) is 5.37 Å². The number of carbonyl (C=O) groups is 1. The summed E-state index contributed by atoms with van der Waals surface area (Å²) in [7, 11) is 0. The van der Waals surface area contributed by atoms with Crippen molar-refractivity contribution in [1.29, 1.82) is 0 Å². The molecule has 98 valence electrons. The number of carboxylic acid groups (broad SMARTS) is 1. The normalized spacial score (nSPS) is 23.5. The number of nitrogens with one attached hydrogen (secondary N) is 1. The van der Waals surface area contributed by atoms with Gasteiger partial charge >= 0.3 is 5.97 Å². The molecule has 1 unspecified atom stereocenters. The van der Waals surface area contributed by atoms with Crippen LogP contribution in [0.15, 0.2) is 24.3 Å². The van der Waals surface area contributed by atoms with E-state index in [0.717, 1.165) is 12.0 Å². The van der Waals surface area contributed by atoms with E-state index in [0.29, 0.717) is 11.7 Å². The van der Waals surface area contributed by atoms with Crippen LogP contribution < -0.4 is 5.32 Å². The molecule has 3 nitrogen and oxygen atoms in total. The highest BCUT2D eigenvalue weighted by Crippen LogP contribution is 2.32. The molecule has 1 fully saturated rings. The predicted molar refractivity (Wildman–Crippen MR) is 74.7 cm³/mol. The van der Waals surface area contributed by atoms with Crippen molar-refractivity contribution >= 4 is 17.7 Å². The molecular weight excluding hydrogens is 246 g/mol. The second kappa shape index (κ2) is 5.76. The van der Waals surface area contributed by atoms with Crippen molar-refractivity contribution in [1.82, 2.24) is 5.32 Å². The first-order valence-corrected chi connectivity index (χ1v) is 7.30. The molecule has 1 heterocycles. The molecule has 0 aliphatic carbocycles. The standard InChI is InChI=1S/C14H19NO2S/c1-9(2)7-10-3-5-11(6-4-10)13-15-12(8-18-13)14(16)17/h3-6,9,12-13,15H,7-8H2,1-2H3,(H,16,17)/t12-,13?/m1/s1. The first kappa shape index (κ1) is 13.4. The molecule has 0 saturated carbocycles.